The molecule has 0 radical (unpaired) electrons. The Labute approximate surface area is 171 Å². The maximum atomic E-state index is 12.1. The Morgan fingerprint density at radius 3 is 2.48 bits per heavy atom. The van der Waals surface area contributed by atoms with Crippen LogP contribution in [0, 0.1) is 5.92 Å². The van der Waals surface area contributed by atoms with Crippen molar-refractivity contribution < 1.29 is 9.53 Å². The first-order valence-electron chi connectivity index (χ1n) is 10.8. The van der Waals surface area contributed by atoms with Gasteiger partial charge in [-0.1, -0.05) is 31.7 Å². The number of aromatic nitrogens is 2. The van der Waals surface area contributed by atoms with Gasteiger partial charge in [-0.05, 0) is 62.1 Å². The van der Waals surface area contributed by atoms with Gasteiger partial charge in [0.25, 0.3) is 0 Å². The molecule has 1 aromatic carbocycles. The van der Waals surface area contributed by atoms with Crippen LogP contribution in [0.15, 0.2) is 48.7 Å². The molecule has 150 valence electrons. The third-order valence-corrected chi connectivity index (χ3v) is 6.26. The first-order valence-corrected chi connectivity index (χ1v) is 10.8. The monoisotopic (exact) mass is 389 g/mol. The molecule has 2 aliphatic carbocycles. The summed E-state index contributed by atoms with van der Waals surface area (Å²) in [5.41, 5.74) is 2.90. The number of carbonyl (C=O) groups excluding carboxylic acids is 1. The van der Waals surface area contributed by atoms with Gasteiger partial charge in [-0.3, -0.25) is 9.20 Å². The van der Waals surface area contributed by atoms with Crippen LogP contribution in [0.25, 0.3) is 16.9 Å². The smallest absolute Gasteiger partial charge is 0.314 e. The predicted octanol–water partition coefficient (Wildman–Crippen LogP) is 5.45. The van der Waals surface area contributed by atoms with Gasteiger partial charge in [-0.25, -0.2) is 4.98 Å². The summed E-state index contributed by atoms with van der Waals surface area (Å²) in [6.07, 6.45) is 11.4. The molecule has 2 saturated carbocycles. The Morgan fingerprint density at radius 1 is 0.966 bits per heavy atom. The number of nitrogens with one attached hydrogen (secondary N) is 1. The lowest BCUT2D eigenvalue weighted by atomic mass is 9.86. The summed E-state index contributed by atoms with van der Waals surface area (Å²) in [4.78, 5) is 17.0. The molecule has 0 spiro atoms. The van der Waals surface area contributed by atoms with E-state index >= 15 is 0 Å². The molecule has 0 atom stereocenters. The van der Waals surface area contributed by atoms with Crippen molar-refractivity contribution in [2.75, 3.05) is 5.32 Å². The number of rotatable bonds is 5. The van der Waals surface area contributed by atoms with E-state index in [1.807, 2.05) is 42.5 Å². The van der Waals surface area contributed by atoms with Gasteiger partial charge in [0.15, 0.2) is 0 Å². The van der Waals surface area contributed by atoms with Crippen LogP contribution in [-0.2, 0) is 4.79 Å². The Hall–Kier alpha value is -2.82. The maximum absolute atomic E-state index is 12.1. The molecular weight excluding hydrogens is 362 g/mol. The fraction of sp³-hybridized carbons (Fsp3) is 0.417. The standard InChI is InChI=1S/C24H27N3O2/c28-24(18-7-6-8-18)29-20-14-12-17(13-15-20)22-23(25-19-9-2-1-3-10-19)27-16-5-4-11-21(27)26-22/h4-5,11-16,18-19,25H,1-3,6-10H2. The zero-order valence-electron chi connectivity index (χ0n) is 16.6. The number of nitrogens with zero attached hydrogens (tertiary/aromatic N) is 2. The largest absolute Gasteiger partial charge is 0.426 e. The van der Waals surface area contributed by atoms with Gasteiger partial charge in [0.2, 0.25) is 0 Å². The van der Waals surface area contributed by atoms with Crippen molar-refractivity contribution >= 4 is 17.4 Å². The molecule has 5 nitrogen and oxygen atoms in total. The molecule has 2 aliphatic rings. The molecule has 29 heavy (non-hydrogen) atoms. The first-order chi connectivity index (χ1) is 14.3. The Balaban J connectivity index is 1.42. The summed E-state index contributed by atoms with van der Waals surface area (Å²) in [6, 6.07) is 14.3. The fourth-order valence-electron chi connectivity index (χ4n) is 4.30. The highest BCUT2D eigenvalue weighted by Gasteiger charge is 2.27. The minimum atomic E-state index is -0.101. The van der Waals surface area contributed by atoms with Crippen LogP contribution in [0.3, 0.4) is 0 Å². The number of fused-ring (bicyclic) bond motifs is 1. The van der Waals surface area contributed by atoms with Crippen LogP contribution in [0.2, 0.25) is 0 Å². The minimum Gasteiger partial charge on any atom is -0.426 e. The summed E-state index contributed by atoms with van der Waals surface area (Å²) >= 11 is 0. The zero-order chi connectivity index (χ0) is 19.6. The van der Waals surface area contributed by atoms with Gasteiger partial charge in [0, 0.05) is 17.8 Å². The van der Waals surface area contributed by atoms with Crippen molar-refractivity contribution in [1.29, 1.82) is 0 Å². The lowest BCUT2D eigenvalue weighted by molar-refractivity contribution is -0.141. The lowest BCUT2D eigenvalue weighted by Gasteiger charge is -2.24. The molecule has 2 fully saturated rings. The number of anilines is 1. The Bertz CT molecular complexity index is 999. The second kappa shape index (κ2) is 7.90. The first kappa shape index (κ1) is 18.2. The molecule has 2 aromatic heterocycles. The highest BCUT2D eigenvalue weighted by atomic mass is 16.5. The van der Waals surface area contributed by atoms with Gasteiger partial charge >= 0.3 is 5.97 Å². The van der Waals surface area contributed by atoms with Crippen molar-refractivity contribution in [3.63, 3.8) is 0 Å². The molecule has 0 amide bonds. The van der Waals surface area contributed by atoms with Gasteiger partial charge in [0.05, 0.1) is 5.92 Å². The van der Waals surface area contributed by atoms with Crippen molar-refractivity contribution in [2.45, 2.75) is 57.4 Å². The second-order valence-electron chi connectivity index (χ2n) is 8.29. The molecule has 3 aromatic rings. The summed E-state index contributed by atoms with van der Waals surface area (Å²) < 4.78 is 7.67. The third-order valence-electron chi connectivity index (χ3n) is 6.26. The van der Waals surface area contributed by atoms with Crippen LogP contribution >= 0.6 is 0 Å². The summed E-state index contributed by atoms with van der Waals surface area (Å²) in [7, 11) is 0. The van der Waals surface area contributed by atoms with Gasteiger partial charge in [-0.15, -0.1) is 0 Å². The minimum absolute atomic E-state index is 0.0828. The number of carbonyl (C=O) groups is 1. The van der Waals surface area contributed by atoms with E-state index in [2.05, 4.69) is 15.9 Å². The van der Waals surface area contributed by atoms with Gasteiger partial charge in [0.1, 0.15) is 22.9 Å². The highest BCUT2D eigenvalue weighted by Crippen LogP contribution is 2.33. The van der Waals surface area contributed by atoms with E-state index in [1.54, 1.807) is 0 Å². The van der Waals surface area contributed by atoms with E-state index < -0.39 is 0 Å². The molecular formula is C24H27N3O2. The molecule has 0 bridgehead atoms. The molecule has 0 unspecified atom stereocenters. The highest BCUT2D eigenvalue weighted by molar-refractivity contribution is 5.78. The molecule has 1 N–H and O–H groups in total. The van der Waals surface area contributed by atoms with Crippen molar-refractivity contribution in [3.05, 3.63) is 48.7 Å². The van der Waals surface area contributed by atoms with Crippen LogP contribution in [-0.4, -0.2) is 21.4 Å². The molecule has 0 saturated heterocycles. The van der Waals surface area contributed by atoms with Crippen molar-refractivity contribution in [3.8, 4) is 17.0 Å². The Kier molecular flexibility index (Phi) is 4.96. The molecule has 0 aliphatic heterocycles. The predicted molar refractivity (Wildman–Crippen MR) is 114 cm³/mol. The van der Waals surface area contributed by atoms with Crippen LogP contribution < -0.4 is 10.1 Å². The van der Waals surface area contributed by atoms with Crippen molar-refractivity contribution in [2.24, 2.45) is 5.92 Å². The lowest BCUT2D eigenvalue weighted by Crippen LogP contribution is -2.26. The van der Waals surface area contributed by atoms with Crippen molar-refractivity contribution in [1.82, 2.24) is 9.38 Å². The number of pyridine rings is 1. The van der Waals surface area contributed by atoms with Crippen LogP contribution in [0.4, 0.5) is 5.82 Å². The van der Waals surface area contributed by atoms with Gasteiger partial charge < -0.3 is 10.1 Å². The average Bonchev–Trinajstić information content (AvgIpc) is 3.06. The van der Waals surface area contributed by atoms with E-state index in [4.69, 9.17) is 9.72 Å². The zero-order valence-corrected chi connectivity index (χ0v) is 16.6. The number of imidazole rings is 1. The number of ether oxygens (including phenoxy) is 1. The number of esters is 1. The topological polar surface area (TPSA) is 55.6 Å². The quantitative estimate of drug-likeness (QED) is 0.466. The Morgan fingerprint density at radius 2 is 1.76 bits per heavy atom. The maximum Gasteiger partial charge on any atom is 0.314 e. The van der Waals surface area contributed by atoms with E-state index in [0.717, 1.165) is 42.0 Å². The van der Waals surface area contributed by atoms with E-state index in [9.17, 15) is 4.79 Å². The van der Waals surface area contributed by atoms with E-state index in [1.165, 1.54) is 32.1 Å². The second-order valence-corrected chi connectivity index (χ2v) is 8.29. The summed E-state index contributed by atoms with van der Waals surface area (Å²) in [5.74, 6) is 1.64. The van der Waals surface area contributed by atoms with Crippen LogP contribution in [0.5, 0.6) is 5.75 Å². The van der Waals surface area contributed by atoms with Gasteiger partial charge in [-0.2, -0.15) is 0 Å². The summed E-state index contributed by atoms with van der Waals surface area (Å²) in [5, 5.41) is 3.76. The number of hydrogen-bond acceptors (Lipinski definition) is 4. The normalized spacial score (nSPS) is 17.8. The molecule has 5 heteroatoms. The molecule has 5 rings (SSSR count). The summed E-state index contributed by atoms with van der Waals surface area (Å²) in [6.45, 7) is 0. The van der Waals surface area contributed by atoms with E-state index in [0.29, 0.717) is 11.8 Å². The average molecular weight is 389 g/mol. The van der Waals surface area contributed by atoms with E-state index in [-0.39, 0.29) is 11.9 Å². The SMILES string of the molecule is O=C(Oc1ccc(-c2nc3ccccn3c2NC2CCCCC2)cc1)C1CCC1. The molecule has 2 heterocycles. The van der Waals surface area contributed by atoms with Crippen LogP contribution in [0.1, 0.15) is 51.4 Å². The number of hydrogen-bond donors (Lipinski definition) is 1. The third kappa shape index (κ3) is 3.74. The fourth-order valence-corrected chi connectivity index (χ4v) is 4.30. The number of benzene rings is 1.